The molecule has 3 heteroatoms. The molecule has 0 bridgehead atoms. The van der Waals surface area contributed by atoms with Gasteiger partial charge in [-0.2, -0.15) is 0 Å². The van der Waals surface area contributed by atoms with Gasteiger partial charge in [0.25, 0.3) is 0 Å². The van der Waals surface area contributed by atoms with E-state index in [1.54, 1.807) is 6.08 Å². The van der Waals surface area contributed by atoms with Crippen LogP contribution in [-0.2, 0) is 6.61 Å². The van der Waals surface area contributed by atoms with Crippen LogP contribution in [0.3, 0.4) is 0 Å². The molecule has 19 heavy (non-hydrogen) atoms. The van der Waals surface area contributed by atoms with E-state index in [4.69, 9.17) is 10.5 Å². The average molecular weight is 276 g/mol. The third kappa shape index (κ3) is 4.43. The highest BCUT2D eigenvalue weighted by Gasteiger charge is 2.02. The molecule has 2 nitrogen and oxygen atoms in total. The van der Waals surface area contributed by atoms with E-state index in [0.29, 0.717) is 6.61 Å². The summed E-state index contributed by atoms with van der Waals surface area (Å²) in [5.41, 5.74) is 8.06. The SMILES string of the molecule is C=C[C@H](N)c1cccc(OCc2ccccc2)c1.Cl. The summed E-state index contributed by atoms with van der Waals surface area (Å²) in [5, 5.41) is 0. The molecule has 0 radical (unpaired) electrons. The van der Waals surface area contributed by atoms with Crippen molar-refractivity contribution in [3.63, 3.8) is 0 Å². The largest absolute Gasteiger partial charge is 0.489 e. The lowest BCUT2D eigenvalue weighted by molar-refractivity contribution is 0.306. The Hall–Kier alpha value is -1.77. The number of hydrogen-bond donors (Lipinski definition) is 1. The highest BCUT2D eigenvalue weighted by Crippen LogP contribution is 2.19. The Labute approximate surface area is 120 Å². The molecule has 2 N–H and O–H groups in total. The minimum Gasteiger partial charge on any atom is -0.489 e. The summed E-state index contributed by atoms with van der Waals surface area (Å²) < 4.78 is 5.74. The van der Waals surface area contributed by atoms with Crippen LogP contribution in [0.2, 0.25) is 0 Å². The molecule has 0 aliphatic heterocycles. The highest BCUT2D eigenvalue weighted by molar-refractivity contribution is 5.85. The summed E-state index contributed by atoms with van der Waals surface area (Å²) in [6.07, 6.45) is 1.72. The van der Waals surface area contributed by atoms with Gasteiger partial charge in [0.1, 0.15) is 12.4 Å². The fourth-order valence-corrected chi connectivity index (χ4v) is 1.69. The first-order valence-corrected chi connectivity index (χ1v) is 5.94. The Morgan fingerprint density at radius 2 is 1.84 bits per heavy atom. The van der Waals surface area contributed by atoms with Crippen molar-refractivity contribution >= 4 is 12.4 Å². The molecule has 0 saturated carbocycles. The Morgan fingerprint density at radius 1 is 1.11 bits per heavy atom. The number of halogens is 1. The molecule has 2 aromatic carbocycles. The molecule has 0 fully saturated rings. The van der Waals surface area contributed by atoms with Gasteiger partial charge in [-0.3, -0.25) is 0 Å². The number of ether oxygens (including phenoxy) is 1. The average Bonchev–Trinajstić information content (AvgIpc) is 2.45. The molecule has 0 unspecified atom stereocenters. The zero-order valence-electron chi connectivity index (χ0n) is 10.7. The Kier molecular flexibility index (Phi) is 6.13. The van der Waals surface area contributed by atoms with Crippen molar-refractivity contribution < 1.29 is 4.74 Å². The lowest BCUT2D eigenvalue weighted by atomic mass is 10.1. The molecule has 0 spiro atoms. The van der Waals surface area contributed by atoms with Gasteiger partial charge in [-0.15, -0.1) is 19.0 Å². The molecule has 2 aromatic rings. The van der Waals surface area contributed by atoms with Crippen LogP contribution in [0, 0.1) is 0 Å². The molecule has 0 heterocycles. The molecular formula is C16H18ClNO. The monoisotopic (exact) mass is 275 g/mol. The minimum absolute atomic E-state index is 0. The van der Waals surface area contributed by atoms with Crippen LogP contribution in [0.1, 0.15) is 17.2 Å². The van der Waals surface area contributed by atoms with Crippen molar-refractivity contribution in [2.24, 2.45) is 5.73 Å². The van der Waals surface area contributed by atoms with Gasteiger partial charge < -0.3 is 10.5 Å². The second-order valence-electron chi connectivity index (χ2n) is 4.11. The van der Waals surface area contributed by atoms with E-state index in [1.807, 2.05) is 54.6 Å². The van der Waals surface area contributed by atoms with Crippen molar-refractivity contribution in [3.8, 4) is 5.75 Å². The Bertz CT molecular complexity index is 513. The fraction of sp³-hybridized carbons (Fsp3) is 0.125. The van der Waals surface area contributed by atoms with Crippen molar-refractivity contribution in [2.75, 3.05) is 0 Å². The van der Waals surface area contributed by atoms with Gasteiger partial charge in [-0.25, -0.2) is 0 Å². The van der Waals surface area contributed by atoms with Gasteiger partial charge in [-0.05, 0) is 23.3 Å². The van der Waals surface area contributed by atoms with Crippen molar-refractivity contribution in [1.82, 2.24) is 0 Å². The van der Waals surface area contributed by atoms with Crippen molar-refractivity contribution in [2.45, 2.75) is 12.6 Å². The van der Waals surface area contributed by atoms with Crippen molar-refractivity contribution in [1.29, 1.82) is 0 Å². The quantitative estimate of drug-likeness (QED) is 0.841. The van der Waals surface area contributed by atoms with Gasteiger partial charge in [0.2, 0.25) is 0 Å². The first-order valence-electron chi connectivity index (χ1n) is 5.94. The van der Waals surface area contributed by atoms with Crippen LogP contribution in [0.4, 0.5) is 0 Å². The Balaban J connectivity index is 0.00000180. The molecule has 0 amide bonds. The normalized spacial score (nSPS) is 11.2. The predicted octanol–water partition coefficient (Wildman–Crippen LogP) is 3.87. The van der Waals surface area contributed by atoms with Gasteiger partial charge in [0, 0.05) is 6.04 Å². The second kappa shape index (κ2) is 7.62. The number of rotatable bonds is 5. The summed E-state index contributed by atoms with van der Waals surface area (Å²) >= 11 is 0. The highest BCUT2D eigenvalue weighted by atomic mass is 35.5. The molecule has 1 atom stereocenters. The lowest BCUT2D eigenvalue weighted by Gasteiger charge is -2.10. The number of benzene rings is 2. The number of hydrogen-bond acceptors (Lipinski definition) is 2. The van der Waals surface area contributed by atoms with Crippen LogP contribution in [0.15, 0.2) is 67.3 Å². The smallest absolute Gasteiger partial charge is 0.120 e. The lowest BCUT2D eigenvalue weighted by Crippen LogP contribution is -2.06. The van der Waals surface area contributed by atoms with Crippen molar-refractivity contribution in [3.05, 3.63) is 78.4 Å². The molecule has 0 aromatic heterocycles. The van der Waals surface area contributed by atoms with Gasteiger partial charge in [0.15, 0.2) is 0 Å². The van der Waals surface area contributed by atoms with Crippen LogP contribution < -0.4 is 10.5 Å². The zero-order valence-corrected chi connectivity index (χ0v) is 11.5. The topological polar surface area (TPSA) is 35.2 Å². The molecule has 0 saturated heterocycles. The maximum Gasteiger partial charge on any atom is 0.120 e. The molecule has 100 valence electrons. The van der Waals surface area contributed by atoms with Gasteiger partial charge >= 0.3 is 0 Å². The molecule has 0 aliphatic rings. The van der Waals surface area contributed by atoms with Crippen LogP contribution in [-0.4, -0.2) is 0 Å². The van der Waals surface area contributed by atoms with E-state index < -0.39 is 0 Å². The summed E-state index contributed by atoms with van der Waals surface area (Å²) in [6, 6.07) is 17.7. The second-order valence-corrected chi connectivity index (χ2v) is 4.11. The van der Waals surface area contributed by atoms with Crippen LogP contribution in [0.25, 0.3) is 0 Å². The first-order chi connectivity index (χ1) is 8.79. The summed E-state index contributed by atoms with van der Waals surface area (Å²) in [5.74, 6) is 0.827. The number of nitrogens with two attached hydrogens (primary N) is 1. The van der Waals surface area contributed by atoms with E-state index in [-0.39, 0.29) is 18.4 Å². The standard InChI is InChI=1S/C16H17NO.ClH/c1-2-16(17)14-9-6-10-15(11-14)18-12-13-7-4-3-5-8-13;/h2-11,16H,1,12,17H2;1H/t16-;/m0./s1. The zero-order chi connectivity index (χ0) is 12.8. The maximum atomic E-state index is 5.90. The summed E-state index contributed by atoms with van der Waals surface area (Å²) in [7, 11) is 0. The molecule has 0 aliphatic carbocycles. The van der Waals surface area contributed by atoms with E-state index in [0.717, 1.165) is 16.9 Å². The Morgan fingerprint density at radius 3 is 2.53 bits per heavy atom. The van der Waals surface area contributed by atoms with E-state index in [2.05, 4.69) is 6.58 Å². The summed E-state index contributed by atoms with van der Waals surface area (Å²) in [4.78, 5) is 0. The third-order valence-corrected chi connectivity index (χ3v) is 2.75. The molecule has 2 rings (SSSR count). The van der Waals surface area contributed by atoms with Crippen LogP contribution >= 0.6 is 12.4 Å². The fourth-order valence-electron chi connectivity index (χ4n) is 1.69. The van der Waals surface area contributed by atoms with Gasteiger partial charge in [0.05, 0.1) is 0 Å². The maximum absolute atomic E-state index is 5.90. The van der Waals surface area contributed by atoms with Crippen LogP contribution in [0.5, 0.6) is 5.75 Å². The third-order valence-electron chi connectivity index (χ3n) is 2.75. The van der Waals surface area contributed by atoms with E-state index >= 15 is 0 Å². The van der Waals surface area contributed by atoms with E-state index in [9.17, 15) is 0 Å². The van der Waals surface area contributed by atoms with Gasteiger partial charge in [-0.1, -0.05) is 48.5 Å². The summed E-state index contributed by atoms with van der Waals surface area (Å²) in [6.45, 7) is 4.26. The first kappa shape index (κ1) is 15.3. The van der Waals surface area contributed by atoms with E-state index in [1.165, 1.54) is 0 Å². The minimum atomic E-state index is -0.148. The predicted molar refractivity (Wildman–Crippen MR) is 81.6 cm³/mol. The molecular weight excluding hydrogens is 258 g/mol.